The van der Waals surface area contributed by atoms with Crippen LogP contribution < -0.4 is 4.90 Å². The van der Waals surface area contributed by atoms with Crippen LogP contribution in [0.5, 0.6) is 0 Å². The maximum Gasteiger partial charge on any atom is 0.300 e. The van der Waals surface area contributed by atoms with E-state index in [-0.39, 0.29) is 6.54 Å². The number of nitrogens with zero attached hydrogens (tertiary/aromatic N) is 2. The second kappa shape index (κ2) is 3.46. The smallest absolute Gasteiger partial charge is 0.291 e. The summed E-state index contributed by atoms with van der Waals surface area (Å²) < 4.78 is 0. The van der Waals surface area contributed by atoms with E-state index in [9.17, 15) is 9.59 Å². The highest BCUT2D eigenvalue weighted by Crippen LogP contribution is 2.32. The van der Waals surface area contributed by atoms with Gasteiger partial charge in [0.15, 0.2) is 0 Å². The van der Waals surface area contributed by atoms with Gasteiger partial charge < -0.3 is 0 Å². The van der Waals surface area contributed by atoms with Crippen molar-refractivity contribution in [1.82, 2.24) is 0 Å². The van der Waals surface area contributed by atoms with Crippen LogP contribution in [0.25, 0.3) is 0 Å². The maximum atomic E-state index is 11.7. The molecule has 0 atom stereocenters. The van der Waals surface area contributed by atoms with Crippen LogP contribution in [0.1, 0.15) is 21.5 Å². The molecule has 0 fully saturated rings. The van der Waals surface area contributed by atoms with Gasteiger partial charge in [-0.15, -0.1) is 0 Å². The molecule has 0 unspecified atom stereocenters. The minimum Gasteiger partial charge on any atom is -0.291 e. The third-order valence-electron chi connectivity index (χ3n) is 2.63. The Kier molecular flexibility index (Phi) is 2.24. The number of hydrogen-bond acceptors (Lipinski definition) is 3. The molecule has 1 aromatic carbocycles. The Morgan fingerprint density at radius 1 is 1.31 bits per heavy atom. The molecule has 0 spiro atoms. The molecule has 0 aliphatic carbocycles. The van der Waals surface area contributed by atoms with E-state index in [1.807, 2.05) is 26.0 Å². The van der Waals surface area contributed by atoms with Gasteiger partial charge in [0.05, 0.1) is 17.3 Å². The van der Waals surface area contributed by atoms with Gasteiger partial charge in [0, 0.05) is 0 Å². The number of anilines is 1. The van der Waals surface area contributed by atoms with Gasteiger partial charge in [0.2, 0.25) is 0 Å². The number of fused-ring (bicyclic) bond motifs is 1. The van der Waals surface area contributed by atoms with Crippen LogP contribution in [0.4, 0.5) is 5.69 Å². The van der Waals surface area contributed by atoms with Crippen molar-refractivity contribution in [2.45, 2.75) is 13.8 Å². The Morgan fingerprint density at radius 3 is 2.62 bits per heavy atom. The highest BCUT2D eigenvalue weighted by molar-refractivity contribution is 6.52. The highest BCUT2D eigenvalue weighted by Gasteiger charge is 2.36. The van der Waals surface area contributed by atoms with E-state index in [0.717, 1.165) is 11.1 Å². The zero-order valence-corrected chi connectivity index (χ0v) is 9.07. The normalized spacial score (nSPS) is 13.9. The summed E-state index contributed by atoms with van der Waals surface area (Å²) in [5.74, 6) is -1.12. The molecule has 1 aliphatic heterocycles. The Labute approximate surface area is 93.1 Å². The number of nitriles is 1. The van der Waals surface area contributed by atoms with Gasteiger partial charge in [0.25, 0.3) is 11.7 Å². The summed E-state index contributed by atoms with van der Waals surface area (Å²) in [5.41, 5.74) is 2.79. The second-order valence-electron chi connectivity index (χ2n) is 3.86. The Bertz CT molecular complexity index is 541. The molecular formula is C12H10N2O2. The number of aryl methyl sites for hydroxylation is 2. The van der Waals surface area contributed by atoms with Crippen LogP contribution in [0.2, 0.25) is 0 Å². The first kappa shape index (κ1) is 10.4. The molecular weight excluding hydrogens is 204 g/mol. The van der Waals surface area contributed by atoms with E-state index in [1.54, 1.807) is 6.07 Å². The maximum absolute atomic E-state index is 11.7. The summed E-state index contributed by atoms with van der Waals surface area (Å²) in [7, 11) is 0. The fraction of sp³-hybridized carbons (Fsp3) is 0.250. The van der Waals surface area contributed by atoms with E-state index in [0.29, 0.717) is 11.3 Å². The van der Waals surface area contributed by atoms with Gasteiger partial charge in [-0.25, -0.2) is 0 Å². The minimum atomic E-state index is -0.606. The molecule has 4 nitrogen and oxygen atoms in total. The summed E-state index contributed by atoms with van der Waals surface area (Å²) in [6.45, 7) is 3.63. The summed E-state index contributed by atoms with van der Waals surface area (Å²) in [5, 5.41) is 8.65. The molecule has 1 aliphatic rings. The third kappa shape index (κ3) is 1.29. The van der Waals surface area contributed by atoms with Crippen LogP contribution in [-0.2, 0) is 4.79 Å². The molecule has 1 amide bonds. The van der Waals surface area contributed by atoms with Crippen LogP contribution in [0, 0.1) is 25.2 Å². The Balaban J connectivity index is 2.66. The molecule has 0 N–H and O–H groups in total. The number of ketones is 1. The lowest BCUT2D eigenvalue weighted by Crippen LogP contribution is -2.30. The third-order valence-corrected chi connectivity index (χ3v) is 2.63. The molecule has 4 heteroatoms. The van der Waals surface area contributed by atoms with Crippen LogP contribution in [0.3, 0.4) is 0 Å². The zero-order valence-electron chi connectivity index (χ0n) is 9.07. The Morgan fingerprint density at radius 2 is 2.00 bits per heavy atom. The van der Waals surface area contributed by atoms with Crippen molar-refractivity contribution < 1.29 is 9.59 Å². The fourth-order valence-corrected chi connectivity index (χ4v) is 2.05. The molecule has 0 aromatic heterocycles. The monoisotopic (exact) mass is 214 g/mol. The quantitative estimate of drug-likeness (QED) is 0.523. The lowest BCUT2D eigenvalue weighted by molar-refractivity contribution is -0.114. The predicted molar refractivity (Wildman–Crippen MR) is 58.2 cm³/mol. The van der Waals surface area contributed by atoms with E-state index < -0.39 is 11.7 Å². The van der Waals surface area contributed by atoms with Gasteiger partial charge in [-0.3, -0.25) is 14.5 Å². The van der Waals surface area contributed by atoms with Crippen LogP contribution in [-0.4, -0.2) is 18.2 Å². The number of carbonyl (C=O) groups excluding carboxylic acids is 2. The summed E-state index contributed by atoms with van der Waals surface area (Å²) in [4.78, 5) is 24.6. The average Bonchev–Trinajstić information content (AvgIpc) is 2.44. The van der Waals surface area contributed by atoms with Crippen LogP contribution >= 0.6 is 0 Å². The van der Waals surface area contributed by atoms with E-state index in [2.05, 4.69) is 0 Å². The molecule has 80 valence electrons. The lowest BCUT2D eigenvalue weighted by atomic mass is 10.0. The summed E-state index contributed by atoms with van der Waals surface area (Å²) in [6.07, 6.45) is 0. The van der Waals surface area contributed by atoms with Gasteiger partial charge in [-0.2, -0.15) is 5.26 Å². The van der Waals surface area contributed by atoms with Gasteiger partial charge in [0.1, 0.15) is 6.54 Å². The molecule has 1 heterocycles. The molecule has 16 heavy (non-hydrogen) atoms. The Hall–Kier alpha value is -2.15. The van der Waals surface area contributed by atoms with Crippen LogP contribution in [0.15, 0.2) is 12.1 Å². The number of amides is 1. The van der Waals surface area contributed by atoms with Crippen molar-refractivity contribution in [2.75, 3.05) is 11.4 Å². The number of hydrogen-bond donors (Lipinski definition) is 0. The molecule has 0 saturated heterocycles. The number of carbonyl (C=O) groups is 2. The first-order valence-electron chi connectivity index (χ1n) is 4.90. The molecule has 1 aromatic rings. The standard InChI is InChI=1S/C12H10N2O2/c1-7-5-8(2)10-9(6-7)11(15)12(16)14(10)4-3-13/h5-6H,4H2,1-2H3. The van der Waals surface area contributed by atoms with Crippen molar-refractivity contribution in [2.24, 2.45) is 0 Å². The average molecular weight is 214 g/mol. The zero-order chi connectivity index (χ0) is 11.9. The van der Waals surface area contributed by atoms with Crippen molar-refractivity contribution >= 4 is 17.4 Å². The number of Topliss-reactive ketones (excluding diaryl/α,β-unsaturated/α-hetero) is 1. The summed E-state index contributed by atoms with van der Waals surface area (Å²) >= 11 is 0. The second-order valence-corrected chi connectivity index (χ2v) is 3.86. The number of rotatable bonds is 1. The van der Waals surface area contributed by atoms with Gasteiger partial charge in [-0.05, 0) is 31.0 Å². The lowest BCUT2D eigenvalue weighted by Gasteiger charge is -2.14. The predicted octanol–water partition coefficient (Wildman–Crippen LogP) is 1.36. The fourth-order valence-electron chi connectivity index (χ4n) is 2.05. The topological polar surface area (TPSA) is 61.2 Å². The first-order valence-corrected chi connectivity index (χ1v) is 4.90. The van der Waals surface area contributed by atoms with E-state index >= 15 is 0 Å². The van der Waals surface area contributed by atoms with Crippen molar-refractivity contribution in [3.05, 3.63) is 28.8 Å². The largest absolute Gasteiger partial charge is 0.300 e. The van der Waals surface area contributed by atoms with Crippen molar-refractivity contribution in [1.29, 1.82) is 5.26 Å². The molecule has 2 rings (SSSR count). The molecule has 0 saturated carbocycles. The SMILES string of the molecule is Cc1cc(C)c2c(c1)C(=O)C(=O)N2CC#N. The first-order chi connectivity index (χ1) is 7.56. The highest BCUT2D eigenvalue weighted by atomic mass is 16.2. The van der Waals surface area contributed by atoms with E-state index in [4.69, 9.17) is 5.26 Å². The molecule has 0 radical (unpaired) electrons. The number of benzene rings is 1. The summed E-state index contributed by atoms with van der Waals surface area (Å²) in [6, 6.07) is 5.49. The minimum absolute atomic E-state index is 0.0819. The molecule has 0 bridgehead atoms. The van der Waals surface area contributed by atoms with Gasteiger partial charge >= 0.3 is 0 Å². The van der Waals surface area contributed by atoms with Crippen molar-refractivity contribution in [3.63, 3.8) is 0 Å². The van der Waals surface area contributed by atoms with Gasteiger partial charge in [-0.1, -0.05) is 6.07 Å². The van der Waals surface area contributed by atoms with Crippen molar-refractivity contribution in [3.8, 4) is 6.07 Å². The van der Waals surface area contributed by atoms with E-state index in [1.165, 1.54) is 4.90 Å².